The summed E-state index contributed by atoms with van der Waals surface area (Å²) in [7, 11) is 0. The van der Waals surface area contributed by atoms with Crippen molar-refractivity contribution in [3.63, 3.8) is 0 Å². The molecule has 0 spiro atoms. The molecule has 0 heterocycles. The summed E-state index contributed by atoms with van der Waals surface area (Å²) in [5, 5.41) is 6.26. The Kier molecular flexibility index (Phi) is 8.14. The van der Waals surface area contributed by atoms with E-state index in [0.717, 1.165) is 24.2 Å². The van der Waals surface area contributed by atoms with Crippen LogP contribution in [0.15, 0.2) is 53.6 Å². The van der Waals surface area contributed by atoms with Gasteiger partial charge in [-0.05, 0) is 43.2 Å². The molecule has 0 saturated carbocycles. The fourth-order valence-corrected chi connectivity index (χ4v) is 2.21. The number of para-hydroxylation sites is 1. The van der Waals surface area contributed by atoms with Gasteiger partial charge in [-0.1, -0.05) is 37.6 Å². The number of carbonyl (C=O) groups excluding carboxylic acids is 2. The van der Waals surface area contributed by atoms with Gasteiger partial charge in [0.05, 0.1) is 18.5 Å². The number of hydrazone groups is 1. The summed E-state index contributed by atoms with van der Waals surface area (Å²) in [4.78, 5) is 24.2. The van der Waals surface area contributed by atoms with Crippen LogP contribution in [-0.4, -0.2) is 24.6 Å². The molecule has 0 saturated heterocycles. The first-order chi connectivity index (χ1) is 13.5. The van der Waals surface area contributed by atoms with E-state index in [1.54, 1.807) is 12.1 Å². The average molecular weight is 385 g/mol. The number of hydrogen-bond donors (Lipinski definition) is 2. The molecule has 2 amide bonds. The lowest BCUT2D eigenvalue weighted by atomic mass is 10.1. The van der Waals surface area contributed by atoms with Crippen molar-refractivity contribution >= 4 is 23.7 Å². The number of nitrogens with one attached hydrogen (secondary N) is 2. The van der Waals surface area contributed by atoms with Crippen LogP contribution in [0.2, 0.25) is 0 Å². The van der Waals surface area contributed by atoms with Gasteiger partial charge in [-0.3, -0.25) is 9.59 Å². The summed E-state index contributed by atoms with van der Waals surface area (Å²) < 4.78 is 19.2. The van der Waals surface area contributed by atoms with Crippen molar-refractivity contribution in [1.82, 2.24) is 5.43 Å². The molecular weight excluding hydrogens is 361 g/mol. The van der Waals surface area contributed by atoms with Gasteiger partial charge in [0.1, 0.15) is 17.5 Å². The van der Waals surface area contributed by atoms with E-state index in [0.29, 0.717) is 6.61 Å². The highest BCUT2D eigenvalue weighted by Gasteiger charge is 2.22. The Morgan fingerprint density at radius 3 is 2.71 bits per heavy atom. The normalized spacial score (nSPS) is 11.8. The lowest BCUT2D eigenvalue weighted by Crippen LogP contribution is -2.34. The number of benzene rings is 2. The van der Waals surface area contributed by atoms with Gasteiger partial charge in [-0.15, -0.1) is 0 Å². The van der Waals surface area contributed by atoms with Gasteiger partial charge in [0.2, 0.25) is 5.91 Å². The first kappa shape index (κ1) is 21.1. The minimum absolute atomic E-state index is 0.0236. The fourth-order valence-electron chi connectivity index (χ4n) is 2.21. The summed E-state index contributed by atoms with van der Waals surface area (Å²) in [6.07, 6.45) is 3.49. The quantitative estimate of drug-likeness (QED) is 0.299. The number of nitrogens with zero attached hydrogens (tertiary/aromatic N) is 1. The molecule has 0 aliphatic heterocycles. The summed E-state index contributed by atoms with van der Waals surface area (Å²) >= 11 is 0. The number of hydrogen-bond acceptors (Lipinski definition) is 4. The standard InChI is InChI=1S/C21H24FN3O3/c1-3-4-12-28-17-9-7-8-16(13-17)14-23-25-21(27)15(2)20(26)24-19-11-6-5-10-18(19)22/h5-11,13-15H,3-4,12H2,1-2H3,(H,24,26)(H,25,27). The van der Waals surface area contributed by atoms with E-state index >= 15 is 0 Å². The maximum absolute atomic E-state index is 13.6. The van der Waals surface area contributed by atoms with Crippen LogP contribution in [0.25, 0.3) is 0 Å². The molecule has 0 aliphatic carbocycles. The minimum Gasteiger partial charge on any atom is -0.494 e. The van der Waals surface area contributed by atoms with E-state index in [4.69, 9.17) is 4.74 Å². The maximum Gasteiger partial charge on any atom is 0.252 e. The zero-order valence-corrected chi connectivity index (χ0v) is 15.9. The average Bonchev–Trinajstić information content (AvgIpc) is 2.69. The highest BCUT2D eigenvalue weighted by atomic mass is 19.1. The van der Waals surface area contributed by atoms with Crippen molar-refractivity contribution in [2.75, 3.05) is 11.9 Å². The van der Waals surface area contributed by atoms with Crippen molar-refractivity contribution < 1.29 is 18.7 Å². The Bertz CT molecular complexity index is 839. The monoisotopic (exact) mass is 385 g/mol. The van der Waals surface area contributed by atoms with Crippen LogP contribution in [0, 0.1) is 11.7 Å². The minimum atomic E-state index is -1.04. The Balaban J connectivity index is 1.87. The topological polar surface area (TPSA) is 79.8 Å². The highest BCUT2D eigenvalue weighted by Crippen LogP contribution is 2.14. The molecule has 2 N–H and O–H groups in total. The second-order valence-corrected chi connectivity index (χ2v) is 6.20. The Labute approximate surface area is 163 Å². The summed E-state index contributed by atoms with van der Waals surface area (Å²) in [6, 6.07) is 13.1. The van der Waals surface area contributed by atoms with Crippen molar-refractivity contribution in [3.8, 4) is 5.75 Å². The highest BCUT2D eigenvalue weighted by molar-refractivity contribution is 6.06. The third-order valence-corrected chi connectivity index (χ3v) is 3.93. The molecule has 0 bridgehead atoms. The van der Waals surface area contributed by atoms with Gasteiger partial charge in [0, 0.05) is 0 Å². The molecule has 28 heavy (non-hydrogen) atoms. The SMILES string of the molecule is CCCCOc1cccc(C=NNC(=O)C(C)C(=O)Nc2ccccc2F)c1. The fraction of sp³-hybridized carbons (Fsp3) is 0.286. The zero-order chi connectivity index (χ0) is 20.4. The van der Waals surface area contributed by atoms with Crippen LogP contribution >= 0.6 is 0 Å². The van der Waals surface area contributed by atoms with Crippen molar-refractivity contribution in [2.24, 2.45) is 11.0 Å². The van der Waals surface area contributed by atoms with Gasteiger partial charge in [0.15, 0.2) is 0 Å². The van der Waals surface area contributed by atoms with Crippen molar-refractivity contribution in [1.29, 1.82) is 0 Å². The number of unbranched alkanes of at least 4 members (excludes halogenated alkanes) is 1. The first-order valence-corrected chi connectivity index (χ1v) is 9.12. The summed E-state index contributed by atoms with van der Waals surface area (Å²) in [6.45, 7) is 4.15. The third kappa shape index (κ3) is 6.50. The molecule has 0 fully saturated rings. The smallest absolute Gasteiger partial charge is 0.252 e. The van der Waals surface area contributed by atoms with Crippen LogP contribution in [0.1, 0.15) is 32.3 Å². The molecule has 2 rings (SSSR count). The Morgan fingerprint density at radius 2 is 1.96 bits per heavy atom. The van der Waals surface area contributed by atoms with Crippen molar-refractivity contribution in [2.45, 2.75) is 26.7 Å². The van der Waals surface area contributed by atoms with Gasteiger partial charge in [-0.25, -0.2) is 9.82 Å². The molecule has 1 atom stereocenters. The number of ether oxygens (including phenoxy) is 1. The van der Waals surface area contributed by atoms with Crippen LogP contribution in [-0.2, 0) is 9.59 Å². The van der Waals surface area contributed by atoms with Gasteiger partial charge in [-0.2, -0.15) is 5.10 Å². The van der Waals surface area contributed by atoms with Gasteiger partial charge < -0.3 is 10.1 Å². The number of halogens is 1. The maximum atomic E-state index is 13.6. The van der Waals surface area contributed by atoms with Gasteiger partial charge >= 0.3 is 0 Å². The number of amides is 2. The third-order valence-electron chi connectivity index (χ3n) is 3.93. The van der Waals surface area contributed by atoms with E-state index in [1.807, 2.05) is 18.2 Å². The van der Waals surface area contributed by atoms with Crippen molar-refractivity contribution in [3.05, 3.63) is 59.9 Å². The molecule has 148 valence electrons. The molecule has 7 heteroatoms. The molecule has 6 nitrogen and oxygen atoms in total. The zero-order valence-electron chi connectivity index (χ0n) is 15.9. The molecule has 0 radical (unpaired) electrons. The second kappa shape index (κ2) is 10.8. The predicted molar refractivity (Wildman–Crippen MR) is 107 cm³/mol. The predicted octanol–water partition coefficient (Wildman–Crippen LogP) is 3.73. The first-order valence-electron chi connectivity index (χ1n) is 9.12. The molecule has 2 aromatic rings. The lowest BCUT2D eigenvalue weighted by Gasteiger charge is -2.11. The second-order valence-electron chi connectivity index (χ2n) is 6.20. The van der Waals surface area contributed by atoms with E-state index < -0.39 is 23.5 Å². The summed E-state index contributed by atoms with van der Waals surface area (Å²) in [5.74, 6) is -2.10. The van der Waals surface area contributed by atoms with E-state index in [9.17, 15) is 14.0 Å². The molecule has 1 unspecified atom stereocenters. The molecule has 0 aromatic heterocycles. The Hall–Kier alpha value is -3.22. The van der Waals surface area contributed by atoms with E-state index in [-0.39, 0.29) is 5.69 Å². The van der Waals surface area contributed by atoms with E-state index in [2.05, 4.69) is 22.8 Å². The number of rotatable bonds is 9. The Morgan fingerprint density at radius 1 is 1.18 bits per heavy atom. The van der Waals surface area contributed by atoms with Crippen LogP contribution in [0.3, 0.4) is 0 Å². The molecule has 0 aliphatic rings. The molecule has 2 aromatic carbocycles. The van der Waals surface area contributed by atoms with Crippen LogP contribution in [0.5, 0.6) is 5.75 Å². The molecular formula is C21H24FN3O3. The largest absolute Gasteiger partial charge is 0.494 e. The number of carbonyl (C=O) groups is 2. The van der Waals surface area contributed by atoms with Crippen LogP contribution in [0.4, 0.5) is 10.1 Å². The van der Waals surface area contributed by atoms with Gasteiger partial charge in [0.25, 0.3) is 5.91 Å². The van der Waals surface area contributed by atoms with E-state index in [1.165, 1.54) is 31.3 Å². The summed E-state index contributed by atoms with van der Waals surface area (Å²) in [5.41, 5.74) is 3.09. The number of anilines is 1. The lowest BCUT2D eigenvalue weighted by molar-refractivity contribution is -0.131. The van der Waals surface area contributed by atoms with Crippen LogP contribution < -0.4 is 15.5 Å².